The van der Waals surface area contributed by atoms with Gasteiger partial charge >= 0.3 is 0 Å². The number of unbranched alkanes of at least 4 members (excludes halogenated alkanes) is 2. The van der Waals surface area contributed by atoms with Crippen LogP contribution in [0.5, 0.6) is 0 Å². The second kappa shape index (κ2) is 6.06. The van der Waals surface area contributed by atoms with Gasteiger partial charge < -0.3 is 10.6 Å². The molecule has 0 amide bonds. The lowest BCUT2D eigenvalue weighted by Gasteiger charge is -2.21. The Labute approximate surface area is 109 Å². The second-order valence-electron chi connectivity index (χ2n) is 4.39. The van der Waals surface area contributed by atoms with Gasteiger partial charge in [-0.05, 0) is 24.6 Å². The number of anilines is 2. The first-order valence-electron chi connectivity index (χ1n) is 5.99. The summed E-state index contributed by atoms with van der Waals surface area (Å²) in [6.45, 7) is 3.04. The molecule has 0 aliphatic rings. The van der Waals surface area contributed by atoms with Gasteiger partial charge in [-0.25, -0.2) is 13.6 Å². The number of hydrogen-bond donors (Lipinski definition) is 2. The smallest absolute Gasteiger partial charge is 0.238 e. The zero-order chi connectivity index (χ0) is 13.8. The van der Waals surface area contributed by atoms with E-state index in [9.17, 15) is 8.42 Å². The molecule has 0 saturated heterocycles. The van der Waals surface area contributed by atoms with E-state index in [2.05, 4.69) is 6.92 Å². The molecule has 0 radical (unpaired) electrons. The summed E-state index contributed by atoms with van der Waals surface area (Å²) in [7, 11) is -1.74. The van der Waals surface area contributed by atoms with Crippen LogP contribution in [0.15, 0.2) is 23.1 Å². The van der Waals surface area contributed by atoms with Crippen LogP contribution in [0.4, 0.5) is 11.4 Å². The van der Waals surface area contributed by atoms with Crippen LogP contribution >= 0.6 is 0 Å². The van der Waals surface area contributed by atoms with Gasteiger partial charge in [0.25, 0.3) is 0 Å². The molecule has 0 unspecified atom stereocenters. The maximum atomic E-state index is 11.2. The predicted molar refractivity (Wildman–Crippen MR) is 75.0 cm³/mol. The number of nitrogens with zero attached hydrogens (tertiary/aromatic N) is 1. The lowest BCUT2D eigenvalue weighted by atomic mass is 10.2. The van der Waals surface area contributed by atoms with Crippen molar-refractivity contribution >= 4 is 21.4 Å². The standard InChI is InChI=1S/C12H21N3O2S/c1-3-4-5-8-15(2)12-7-6-10(9-11(12)13)18(14,16)17/h6-7,9H,3-5,8,13H2,1-2H3,(H2,14,16,17). The first kappa shape index (κ1) is 14.8. The van der Waals surface area contributed by atoms with Crippen LogP contribution in [0.3, 0.4) is 0 Å². The van der Waals surface area contributed by atoms with Crippen molar-refractivity contribution in [2.24, 2.45) is 5.14 Å². The van der Waals surface area contributed by atoms with Crippen LogP contribution in [-0.2, 0) is 10.0 Å². The van der Waals surface area contributed by atoms with Crippen LogP contribution < -0.4 is 15.8 Å². The number of nitrogen functional groups attached to an aromatic ring is 1. The molecule has 0 aliphatic heterocycles. The summed E-state index contributed by atoms with van der Waals surface area (Å²) < 4.78 is 22.4. The number of sulfonamides is 1. The molecule has 1 aromatic rings. The molecule has 0 aliphatic carbocycles. The van der Waals surface area contributed by atoms with Crippen LogP contribution in [0.2, 0.25) is 0 Å². The van der Waals surface area contributed by atoms with E-state index in [0.29, 0.717) is 5.69 Å². The van der Waals surface area contributed by atoms with Gasteiger partial charge in [-0.3, -0.25) is 0 Å². The number of benzene rings is 1. The molecule has 0 saturated carbocycles. The highest BCUT2D eigenvalue weighted by Gasteiger charge is 2.11. The molecule has 1 aromatic carbocycles. The molecule has 0 bridgehead atoms. The van der Waals surface area contributed by atoms with Gasteiger partial charge in [-0.15, -0.1) is 0 Å². The largest absolute Gasteiger partial charge is 0.397 e. The summed E-state index contributed by atoms with van der Waals surface area (Å²) in [5.41, 5.74) is 7.12. The Kier molecular flexibility index (Phi) is 4.98. The molecule has 1 rings (SSSR count). The average molecular weight is 271 g/mol. The summed E-state index contributed by atoms with van der Waals surface area (Å²) in [4.78, 5) is 2.07. The molecule has 4 N–H and O–H groups in total. The Morgan fingerprint density at radius 3 is 2.44 bits per heavy atom. The van der Waals surface area contributed by atoms with E-state index in [4.69, 9.17) is 10.9 Å². The number of primary sulfonamides is 1. The SMILES string of the molecule is CCCCCN(C)c1ccc(S(N)(=O)=O)cc1N. The molecule has 6 heteroatoms. The quantitative estimate of drug-likeness (QED) is 0.606. The summed E-state index contributed by atoms with van der Waals surface area (Å²) in [5, 5.41) is 5.05. The Hall–Kier alpha value is -1.27. The van der Waals surface area contributed by atoms with E-state index >= 15 is 0 Å². The first-order chi connectivity index (χ1) is 8.36. The van der Waals surface area contributed by atoms with Crippen molar-refractivity contribution in [1.82, 2.24) is 0 Å². The molecule has 0 spiro atoms. The van der Waals surface area contributed by atoms with Crippen molar-refractivity contribution in [3.8, 4) is 0 Å². The fraction of sp³-hybridized carbons (Fsp3) is 0.500. The van der Waals surface area contributed by atoms with E-state index in [0.717, 1.165) is 25.1 Å². The summed E-state index contributed by atoms with van der Waals surface area (Å²) >= 11 is 0. The van der Waals surface area contributed by atoms with Gasteiger partial charge in [0.2, 0.25) is 10.0 Å². The fourth-order valence-electron chi connectivity index (χ4n) is 1.78. The minimum Gasteiger partial charge on any atom is -0.397 e. The van der Waals surface area contributed by atoms with Crippen molar-refractivity contribution in [3.05, 3.63) is 18.2 Å². The Balaban J connectivity index is 2.85. The topological polar surface area (TPSA) is 89.4 Å². The fourth-order valence-corrected chi connectivity index (χ4v) is 2.33. The molecule has 0 aromatic heterocycles. The highest BCUT2D eigenvalue weighted by atomic mass is 32.2. The van der Waals surface area contributed by atoms with Crippen molar-refractivity contribution in [3.63, 3.8) is 0 Å². The third kappa shape index (κ3) is 3.89. The van der Waals surface area contributed by atoms with E-state index in [1.54, 1.807) is 6.07 Å². The number of nitrogens with two attached hydrogens (primary N) is 2. The van der Waals surface area contributed by atoms with Crippen molar-refractivity contribution < 1.29 is 8.42 Å². The maximum absolute atomic E-state index is 11.2. The minimum atomic E-state index is -3.69. The molecule has 102 valence electrons. The molecular formula is C12H21N3O2S. The highest BCUT2D eigenvalue weighted by molar-refractivity contribution is 7.89. The van der Waals surface area contributed by atoms with Gasteiger partial charge in [0, 0.05) is 13.6 Å². The monoisotopic (exact) mass is 271 g/mol. The van der Waals surface area contributed by atoms with Gasteiger partial charge in [-0.2, -0.15) is 0 Å². The van der Waals surface area contributed by atoms with Crippen molar-refractivity contribution in [1.29, 1.82) is 0 Å². The molecule has 18 heavy (non-hydrogen) atoms. The van der Waals surface area contributed by atoms with Crippen molar-refractivity contribution in [2.45, 2.75) is 31.1 Å². The maximum Gasteiger partial charge on any atom is 0.238 e. The Morgan fingerprint density at radius 1 is 1.28 bits per heavy atom. The van der Waals surface area contributed by atoms with E-state index < -0.39 is 10.0 Å². The average Bonchev–Trinajstić information content (AvgIpc) is 2.27. The van der Waals surface area contributed by atoms with Crippen LogP contribution in [-0.4, -0.2) is 22.0 Å². The normalized spacial score (nSPS) is 11.5. The molecule has 0 atom stereocenters. The van der Waals surface area contributed by atoms with E-state index in [1.165, 1.54) is 18.6 Å². The third-order valence-corrected chi connectivity index (χ3v) is 3.75. The summed E-state index contributed by atoms with van der Waals surface area (Å²) in [6, 6.07) is 4.58. The molecule has 0 heterocycles. The van der Waals surface area contributed by atoms with Gasteiger partial charge in [0.1, 0.15) is 0 Å². The molecule has 5 nitrogen and oxygen atoms in total. The lowest BCUT2D eigenvalue weighted by Crippen LogP contribution is -2.20. The van der Waals surface area contributed by atoms with Gasteiger partial charge in [0.15, 0.2) is 0 Å². The third-order valence-electron chi connectivity index (χ3n) is 2.84. The van der Waals surface area contributed by atoms with Gasteiger partial charge in [0.05, 0.1) is 16.3 Å². The van der Waals surface area contributed by atoms with E-state index in [-0.39, 0.29) is 4.90 Å². The lowest BCUT2D eigenvalue weighted by molar-refractivity contribution is 0.598. The number of hydrogen-bond acceptors (Lipinski definition) is 4. The minimum absolute atomic E-state index is 0.0470. The zero-order valence-electron chi connectivity index (χ0n) is 10.9. The van der Waals surface area contributed by atoms with E-state index in [1.807, 2.05) is 11.9 Å². The number of rotatable bonds is 6. The second-order valence-corrected chi connectivity index (χ2v) is 5.96. The molecular weight excluding hydrogens is 250 g/mol. The van der Waals surface area contributed by atoms with Crippen LogP contribution in [0.1, 0.15) is 26.2 Å². The van der Waals surface area contributed by atoms with Crippen LogP contribution in [0, 0.1) is 0 Å². The van der Waals surface area contributed by atoms with Crippen molar-refractivity contribution in [2.75, 3.05) is 24.2 Å². The Morgan fingerprint density at radius 2 is 1.94 bits per heavy atom. The Bertz CT molecular complexity index is 500. The summed E-state index contributed by atoms with van der Waals surface area (Å²) in [6.07, 6.45) is 3.41. The summed E-state index contributed by atoms with van der Waals surface area (Å²) in [5.74, 6) is 0. The molecule has 0 fully saturated rings. The first-order valence-corrected chi connectivity index (χ1v) is 7.54. The van der Waals surface area contributed by atoms with Gasteiger partial charge in [-0.1, -0.05) is 19.8 Å². The highest BCUT2D eigenvalue weighted by Crippen LogP contribution is 2.25. The zero-order valence-corrected chi connectivity index (χ0v) is 11.7. The predicted octanol–water partition coefficient (Wildman–Crippen LogP) is 1.54. The van der Waals surface area contributed by atoms with Crippen LogP contribution in [0.25, 0.3) is 0 Å².